The van der Waals surface area contributed by atoms with Gasteiger partial charge in [0.2, 0.25) is 11.7 Å². The van der Waals surface area contributed by atoms with Crippen molar-refractivity contribution in [3.8, 4) is 11.4 Å². The molecule has 16 heavy (non-hydrogen) atoms. The van der Waals surface area contributed by atoms with Gasteiger partial charge in [-0.05, 0) is 24.6 Å². The van der Waals surface area contributed by atoms with E-state index in [0.717, 1.165) is 0 Å². The second kappa shape index (κ2) is 4.19. The van der Waals surface area contributed by atoms with Crippen LogP contribution in [0.1, 0.15) is 11.5 Å². The predicted molar refractivity (Wildman–Crippen MR) is 57.3 cm³/mol. The van der Waals surface area contributed by atoms with Gasteiger partial charge in [0.15, 0.2) is 0 Å². The molecule has 2 N–H and O–H groups in total. The van der Waals surface area contributed by atoms with Crippen LogP contribution in [-0.4, -0.2) is 10.1 Å². The first-order chi connectivity index (χ1) is 7.61. The molecule has 1 aromatic heterocycles. The summed E-state index contributed by atoms with van der Waals surface area (Å²) < 4.78 is 18.6. The Morgan fingerprint density at radius 2 is 2.25 bits per heavy atom. The van der Waals surface area contributed by atoms with E-state index in [1.54, 1.807) is 6.92 Å². The molecule has 0 aliphatic carbocycles. The summed E-state index contributed by atoms with van der Waals surface area (Å²) in [5, 5.41) is 4.06. The fourth-order valence-corrected chi connectivity index (χ4v) is 1.61. The molecule has 0 fully saturated rings. The zero-order chi connectivity index (χ0) is 11.7. The summed E-state index contributed by atoms with van der Waals surface area (Å²) in [4.78, 5) is 3.94. The maximum absolute atomic E-state index is 13.8. The highest BCUT2D eigenvalue weighted by atomic mass is 35.5. The number of nitrogens with zero attached hydrogens (tertiary/aromatic N) is 2. The van der Waals surface area contributed by atoms with E-state index in [9.17, 15) is 4.39 Å². The third-order valence-electron chi connectivity index (χ3n) is 2.10. The highest BCUT2D eigenvalue weighted by Gasteiger charge is 2.14. The number of benzene rings is 1. The van der Waals surface area contributed by atoms with Crippen LogP contribution in [0.3, 0.4) is 0 Å². The molecule has 2 aromatic rings. The van der Waals surface area contributed by atoms with E-state index in [-0.39, 0.29) is 23.8 Å². The molecule has 0 saturated heterocycles. The topological polar surface area (TPSA) is 64.9 Å². The van der Waals surface area contributed by atoms with Crippen LogP contribution in [0.4, 0.5) is 4.39 Å². The van der Waals surface area contributed by atoms with E-state index in [4.69, 9.17) is 21.9 Å². The van der Waals surface area contributed by atoms with Gasteiger partial charge in [-0.3, -0.25) is 0 Å². The van der Waals surface area contributed by atoms with Gasteiger partial charge in [-0.15, -0.1) is 0 Å². The van der Waals surface area contributed by atoms with E-state index in [1.807, 2.05) is 0 Å². The number of hydrogen-bond acceptors (Lipinski definition) is 4. The van der Waals surface area contributed by atoms with Crippen LogP contribution in [0.25, 0.3) is 11.4 Å². The molecular weight excluding hydrogens is 233 g/mol. The number of rotatable bonds is 2. The standard InChI is InChI=1S/C10H9ClFN3O/c1-5-2-6(11)3-7(9(5)12)10-14-8(4-13)16-15-10/h2-3H,4,13H2,1H3. The minimum atomic E-state index is -0.409. The Morgan fingerprint density at radius 3 is 2.88 bits per heavy atom. The second-order valence-corrected chi connectivity index (χ2v) is 3.74. The Kier molecular flexibility index (Phi) is 2.89. The number of aromatic nitrogens is 2. The third kappa shape index (κ3) is 1.91. The monoisotopic (exact) mass is 241 g/mol. The summed E-state index contributed by atoms with van der Waals surface area (Å²) >= 11 is 5.84. The molecule has 0 bridgehead atoms. The zero-order valence-electron chi connectivity index (χ0n) is 8.50. The summed E-state index contributed by atoms with van der Waals surface area (Å²) in [7, 11) is 0. The highest BCUT2D eigenvalue weighted by molar-refractivity contribution is 6.30. The van der Waals surface area contributed by atoms with Gasteiger partial charge in [0.1, 0.15) is 5.82 Å². The smallest absolute Gasteiger partial charge is 0.240 e. The van der Waals surface area contributed by atoms with Gasteiger partial charge >= 0.3 is 0 Å². The Balaban J connectivity index is 2.54. The molecular formula is C10H9ClFN3O. The lowest BCUT2D eigenvalue weighted by Gasteiger charge is -2.02. The van der Waals surface area contributed by atoms with Crippen LogP contribution in [-0.2, 0) is 6.54 Å². The number of aryl methyl sites for hydroxylation is 1. The van der Waals surface area contributed by atoms with Crippen LogP contribution in [0.2, 0.25) is 5.02 Å². The first-order valence-corrected chi connectivity index (χ1v) is 4.98. The van der Waals surface area contributed by atoms with Gasteiger partial charge in [0, 0.05) is 5.02 Å². The van der Waals surface area contributed by atoms with Crippen LogP contribution in [0.5, 0.6) is 0 Å². The minimum absolute atomic E-state index is 0.119. The van der Waals surface area contributed by atoms with Gasteiger partial charge < -0.3 is 10.3 Å². The molecule has 0 saturated carbocycles. The molecule has 0 unspecified atom stereocenters. The van der Waals surface area contributed by atoms with Crippen molar-refractivity contribution in [2.45, 2.75) is 13.5 Å². The van der Waals surface area contributed by atoms with Gasteiger partial charge in [0.05, 0.1) is 12.1 Å². The van der Waals surface area contributed by atoms with Crippen molar-refractivity contribution in [1.82, 2.24) is 10.1 Å². The first-order valence-electron chi connectivity index (χ1n) is 4.60. The normalized spacial score (nSPS) is 10.8. The SMILES string of the molecule is Cc1cc(Cl)cc(-c2noc(CN)n2)c1F. The summed E-state index contributed by atoms with van der Waals surface area (Å²) in [6.07, 6.45) is 0. The molecule has 0 amide bonds. The fourth-order valence-electron chi connectivity index (χ4n) is 1.34. The fraction of sp³-hybridized carbons (Fsp3) is 0.200. The molecule has 0 radical (unpaired) electrons. The van der Waals surface area contributed by atoms with Crippen LogP contribution < -0.4 is 5.73 Å². The van der Waals surface area contributed by atoms with E-state index < -0.39 is 5.82 Å². The van der Waals surface area contributed by atoms with E-state index in [2.05, 4.69) is 10.1 Å². The van der Waals surface area contributed by atoms with Crippen molar-refractivity contribution in [1.29, 1.82) is 0 Å². The molecule has 6 heteroatoms. The maximum atomic E-state index is 13.8. The molecule has 0 aliphatic rings. The van der Waals surface area contributed by atoms with Crippen molar-refractivity contribution < 1.29 is 8.91 Å². The third-order valence-corrected chi connectivity index (χ3v) is 2.32. The molecule has 1 aromatic carbocycles. The lowest BCUT2D eigenvalue weighted by atomic mass is 10.1. The first kappa shape index (κ1) is 11.0. The Labute approximate surface area is 96.2 Å². The summed E-state index contributed by atoms with van der Waals surface area (Å²) in [6, 6.07) is 2.99. The maximum Gasteiger partial charge on any atom is 0.240 e. The average molecular weight is 242 g/mol. The number of nitrogens with two attached hydrogens (primary N) is 1. The molecule has 84 valence electrons. The van der Waals surface area contributed by atoms with Crippen molar-refractivity contribution in [2.75, 3.05) is 0 Å². The van der Waals surface area contributed by atoms with Crippen molar-refractivity contribution in [2.24, 2.45) is 5.73 Å². The lowest BCUT2D eigenvalue weighted by molar-refractivity contribution is 0.380. The van der Waals surface area contributed by atoms with Gasteiger partial charge in [-0.2, -0.15) is 4.98 Å². The van der Waals surface area contributed by atoms with Crippen LogP contribution >= 0.6 is 11.6 Å². The molecule has 4 nitrogen and oxygen atoms in total. The van der Waals surface area contributed by atoms with E-state index in [1.165, 1.54) is 12.1 Å². The molecule has 0 spiro atoms. The predicted octanol–water partition coefficient (Wildman–Crippen LogP) is 2.30. The van der Waals surface area contributed by atoms with Crippen LogP contribution in [0.15, 0.2) is 16.7 Å². The summed E-state index contributed by atoms with van der Waals surface area (Å²) in [5.41, 5.74) is 5.97. The average Bonchev–Trinajstić information content (AvgIpc) is 2.71. The van der Waals surface area contributed by atoms with Crippen LogP contribution in [0, 0.1) is 12.7 Å². The summed E-state index contributed by atoms with van der Waals surface area (Å²) in [6.45, 7) is 1.74. The molecule has 0 aliphatic heterocycles. The molecule has 0 atom stereocenters. The van der Waals surface area contributed by atoms with Crippen molar-refractivity contribution in [3.05, 3.63) is 34.4 Å². The molecule has 1 heterocycles. The van der Waals surface area contributed by atoms with E-state index in [0.29, 0.717) is 10.6 Å². The zero-order valence-corrected chi connectivity index (χ0v) is 9.25. The number of halogens is 2. The minimum Gasteiger partial charge on any atom is -0.338 e. The second-order valence-electron chi connectivity index (χ2n) is 3.30. The largest absolute Gasteiger partial charge is 0.338 e. The Bertz CT molecular complexity index is 527. The van der Waals surface area contributed by atoms with Crippen molar-refractivity contribution in [3.63, 3.8) is 0 Å². The van der Waals surface area contributed by atoms with Gasteiger partial charge in [-0.1, -0.05) is 16.8 Å². The Hall–Kier alpha value is -1.46. The highest BCUT2D eigenvalue weighted by Crippen LogP contribution is 2.26. The number of hydrogen-bond donors (Lipinski definition) is 1. The Morgan fingerprint density at radius 1 is 1.50 bits per heavy atom. The van der Waals surface area contributed by atoms with Gasteiger partial charge in [-0.25, -0.2) is 4.39 Å². The van der Waals surface area contributed by atoms with Crippen molar-refractivity contribution >= 4 is 11.6 Å². The quantitative estimate of drug-likeness (QED) is 0.876. The molecule has 2 rings (SSSR count). The van der Waals surface area contributed by atoms with E-state index >= 15 is 0 Å². The lowest BCUT2D eigenvalue weighted by Crippen LogP contribution is -1.96. The van der Waals surface area contributed by atoms with Gasteiger partial charge in [0.25, 0.3) is 0 Å². The summed E-state index contributed by atoms with van der Waals surface area (Å²) in [5.74, 6) is 0.00403.